The number of nitrogens with zero attached hydrogens (tertiary/aromatic N) is 1. The molecule has 82 valence electrons. The lowest BCUT2D eigenvalue weighted by atomic mass is 10.0. The van der Waals surface area contributed by atoms with E-state index >= 15 is 0 Å². The van der Waals surface area contributed by atoms with Gasteiger partial charge < -0.3 is 10.2 Å². The third-order valence-electron chi connectivity index (χ3n) is 2.51. The molecule has 1 unspecified atom stereocenters. The van der Waals surface area contributed by atoms with Crippen LogP contribution in [0.2, 0.25) is 0 Å². The lowest BCUT2D eigenvalue weighted by molar-refractivity contribution is -0.130. The summed E-state index contributed by atoms with van der Waals surface area (Å²) in [5.41, 5.74) is 0. The molecular formula is C9H16Cl2N2O. The standard InChI is InChI=1S/C9H16Cl2N2O/c1-6(2)7-5-13(4-3-12-7)9(14)8(10)11/h6-8,12H,3-5H2,1-2H3. The summed E-state index contributed by atoms with van der Waals surface area (Å²) in [6.07, 6.45) is 0. The Morgan fingerprint density at radius 1 is 1.50 bits per heavy atom. The molecule has 0 saturated carbocycles. The first kappa shape index (κ1) is 12.1. The molecule has 1 aliphatic rings. The number of amides is 1. The van der Waals surface area contributed by atoms with Gasteiger partial charge in [-0.15, -0.1) is 0 Å². The Morgan fingerprint density at radius 2 is 2.14 bits per heavy atom. The summed E-state index contributed by atoms with van der Waals surface area (Å²) in [7, 11) is 0. The Labute approximate surface area is 94.7 Å². The van der Waals surface area contributed by atoms with Gasteiger partial charge in [-0.25, -0.2) is 0 Å². The Morgan fingerprint density at radius 3 is 2.64 bits per heavy atom. The maximum Gasteiger partial charge on any atom is 0.255 e. The normalized spacial score (nSPS) is 23.3. The van der Waals surface area contributed by atoms with Gasteiger partial charge in [0.2, 0.25) is 0 Å². The molecule has 1 heterocycles. The lowest BCUT2D eigenvalue weighted by Crippen LogP contribution is -2.55. The number of piperazine rings is 1. The first-order valence-corrected chi connectivity index (χ1v) is 5.70. The van der Waals surface area contributed by atoms with Crippen LogP contribution in [0.5, 0.6) is 0 Å². The van der Waals surface area contributed by atoms with Crippen molar-refractivity contribution < 1.29 is 4.79 Å². The van der Waals surface area contributed by atoms with E-state index in [1.807, 2.05) is 0 Å². The predicted molar refractivity (Wildman–Crippen MR) is 58.7 cm³/mol. The van der Waals surface area contributed by atoms with E-state index in [9.17, 15) is 4.79 Å². The lowest BCUT2D eigenvalue weighted by Gasteiger charge is -2.36. The van der Waals surface area contributed by atoms with E-state index in [0.29, 0.717) is 25.0 Å². The van der Waals surface area contributed by atoms with Gasteiger partial charge in [0.25, 0.3) is 5.91 Å². The molecule has 1 aliphatic heterocycles. The molecular weight excluding hydrogens is 223 g/mol. The Balaban J connectivity index is 2.51. The van der Waals surface area contributed by atoms with Crippen molar-refractivity contribution in [1.29, 1.82) is 0 Å². The number of carbonyl (C=O) groups excluding carboxylic acids is 1. The quantitative estimate of drug-likeness (QED) is 0.735. The average molecular weight is 239 g/mol. The number of halogens is 2. The smallest absolute Gasteiger partial charge is 0.255 e. The summed E-state index contributed by atoms with van der Waals surface area (Å²) in [4.78, 5) is 12.3. The van der Waals surface area contributed by atoms with Crippen LogP contribution in [-0.2, 0) is 4.79 Å². The zero-order chi connectivity index (χ0) is 10.7. The van der Waals surface area contributed by atoms with Gasteiger partial charge in [-0.05, 0) is 5.92 Å². The van der Waals surface area contributed by atoms with Crippen LogP contribution in [0.1, 0.15) is 13.8 Å². The molecule has 1 saturated heterocycles. The topological polar surface area (TPSA) is 32.3 Å². The van der Waals surface area contributed by atoms with Gasteiger partial charge in [-0.1, -0.05) is 37.0 Å². The first-order valence-electron chi connectivity index (χ1n) is 4.82. The largest absolute Gasteiger partial charge is 0.338 e. The van der Waals surface area contributed by atoms with Gasteiger partial charge in [0.1, 0.15) is 0 Å². The Bertz CT molecular complexity index is 209. The molecule has 0 bridgehead atoms. The second-order valence-corrected chi connectivity index (χ2v) is 4.99. The second-order valence-electron chi connectivity index (χ2n) is 3.89. The highest BCUT2D eigenvalue weighted by atomic mass is 35.5. The Kier molecular flexibility index (Phi) is 4.48. The maximum absolute atomic E-state index is 11.5. The zero-order valence-electron chi connectivity index (χ0n) is 8.46. The van der Waals surface area contributed by atoms with Gasteiger partial charge in [0, 0.05) is 25.7 Å². The summed E-state index contributed by atoms with van der Waals surface area (Å²) in [6, 6.07) is 0.347. The van der Waals surface area contributed by atoms with Crippen LogP contribution in [0.25, 0.3) is 0 Å². The van der Waals surface area contributed by atoms with Crippen molar-refractivity contribution in [2.24, 2.45) is 5.92 Å². The average Bonchev–Trinajstić information content (AvgIpc) is 2.16. The van der Waals surface area contributed by atoms with Crippen LogP contribution >= 0.6 is 23.2 Å². The summed E-state index contributed by atoms with van der Waals surface area (Å²) < 4.78 is 0. The van der Waals surface area contributed by atoms with E-state index < -0.39 is 4.84 Å². The molecule has 14 heavy (non-hydrogen) atoms. The zero-order valence-corrected chi connectivity index (χ0v) is 9.98. The van der Waals surface area contributed by atoms with Gasteiger partial charge in [0.15, 0.2) is 4.84 Å². The van der Waals surface area contributed by atoms with Gasteiger partial charge in [0.05, 0.1) is 0 Å². The number of carbonyl (C=O) groups is 1. The molecule has 0 aromatic carbocycles. The molecule has 1 rings (SSSR count). The molecule has 1 N–H and O–H groups in total. The van der Waals surface area contributed by atoms with Gasteiger partial charge in [-0.3, -0.25) is 4.79 Å². The van der Waals surface area contributed by atoms with E-state index in [-0.39, 0.29) is 5.91 Å². The van der Waals surface area contributed by atoms with Crippen molar-refractivity contribution in [3.63, 3.8) is 0 Å². The fourth-order valence-electron chi connectivity index (χ4n) is 1.56. The minimum atomic E-state index is -0.930. The number of hydrogen-bond donors (Lipinski definition) is 1. The van der Waals surface area contributed by atoms with Crippen molar-refractivity contribution in [2.45, 2.75) is 24.7 Å². The molecule has 1 atom stereocenters. The molecule has 0 aromatic rings. The minimum absolute atomic E-state index is 0.180. The van der Waals surface area contributed by atoms with Crippen LogP contribution in [0.15, 0.2) is 0 Å². The number of hydrogen-bond acceptors (Lipinski definition) is 2. The maximum atomic E-state index is 11.5. The molecule has 1 fully saturated rings. The molecule has 0 aliphatic carbocycles. The molecule has 1 amide bonds. The van der Waals surface area contributed by atoms with Gasteiger partial charge in [-0.2, -0.15) is 0 Å². The number of rotatable bonds is 2. The van der Waals surface area contributed by atoms with E-state index in [4.69, 9.17) is 23.2 Å². The van der Waals surface area contributed by atoms with Crippen molar-refractivity contribution in [1.82, 2.24) is 10.2 Å². The molecule has 0 aromatic heterocycles. The van der Waals surface area contributed by atoms with Crippen LogP contribution in [0, 0.1) is 5.92 Å². The van der Waals surface area contributed by atoms with Crippen LogP contribution < -0.4 is 5.32 Å². The first-order chi connectivity index (χ1) is 6.52. The van der Waals surface area contributed by atoms with E-state index in [0.717, 1.165) is 6.54 Å². The van der Waals surface area contributed by atoms with Crippen LogP contribution in [0.3, 0.4) is 0 Å². The molecule has 3 nitrogen and oxygen atoms in total. The summed E-state index contributed by atoms with van der Waals surface area (Å²) in [6.45, 7) is 6.47. The fraction of sp³-hybridized carbons (Fsp3) is 0.889. The second kappa shape index (κ2) is 5.19. The van der Waals surface area contributed by atoms with Crippen molar-refractivity contribution in [2.75, 3.05) is 19.6 Å². The van der Waals surface area contributed by atoms with Gasteiger partial charge >= 0.3 is 0 Å². The number of alkyl halides is 2. The highest BCUT2D eigenvalue weighted by Gasteiger charge is 2.27. The SMILES string of the molecule is CC(C)C1CN(C(=O)C(Cl)Cl)CCN1. The molecule has 0 radical (unpaired) electrons. The van der Waals surface area contributed by atoms with Crippen molar-refractivity contribution in [3.05, 3.63) is 0 Å². The third-order valence-corrected chi connectivity index (χ3v) is 2.88. The van der Waals surface area contributed by atoms with E-state index in [1.54, 1.807) is 4.90 Å². The number of nitrogens with one attached hydrogen (secondary N) is 1. The molecule has 0 spiro atoms. The summed E-state index contributed by atoms with van der Waals surface area (Å²) >= 11 is 11.1. The monoisotopic (exact) mass is 238 g/mol. The van der Waals surface area contributed by atoms with Crippen LogP contribution in [-0.4, -0.2) is 41.3 Å². The highest BCUT2D eigenvalue weighted by Crippen LogP contribution is 2.12. The van der Waals surface area contributed by atoms with E-state index in [1.165, 1.54) is 0 Å². The van der Waals surface area contributed by atoms with Crippen molar-refractivity contribution >= 4 is 29.1 Å². The third kappa shape index (κ3) is 3.01. The fourth-order valence-corrected chi connectivity index (χ4v) is 1.84. The molecule has 5 heteroatoms. The minimum Gasteiger partial charge on any atom is -0.338 e. The van der Waals surface area contributed by atoms with E-state index in [2.05, 4.69) is 19.2 Å². The predicted octanol–water partition coefficient (Wildman–Crippen LogP) is 1.25. The van der Waals surface area contributed by atoms with Crippen molar-refractivity contribution in [3.8, 4) is 0 Å². The van der Waals surface area contributed by atoms with Crippen LogP contribution in [0.4, 0.5) is 0 Å². The summed E-state index contributed by atoms with van der Waals surface area (Å²) in [5, 5.41) is 3.36. The highest BCUT2D eigenvalue weighted by molar-refractivity contribution is 6.53. The summed E-state index contributed by atoms with van der Waals surface area (Å²) in [5.74, 6) is 0.329. The Hall–Kier alpha value is 0.01000.